The number of para-hydroxylation sites is 1. The minimum Gasteiger partial charge on any atom is -0.496 e. The molecular weight excluding hydrogens is 252 g/mol. The Bertz CT molecular complexity index is 411. The summed E-state index contributed by atoms with van der Waals surface area (Å²) in [7, 11) is 3.54. The van der Waals surface area contributed by atoms with E-state index in [2.05, 4.69) is 29.3 Å². The lowest BCUT2D eigenvalue weighted by Crippen LogP contribution is -2.34. The van der Waals surface area contributed by atoms with Crippen LogP contribution in [0.2, 0.25) is 0 Å². The van der Waals surface area contributed by atoms with Gasteiger partial charge in [0, 0.05) is 38.3 Å². The van der Waals surface area contributed by atoms with Crippen molar-refractivity contribution in [2.45, 2.75) is 25.5 Å². The molecule has 0 aromatic heterocycles. The van der Waals surface area contributed by atoms with E-state index in [1.54, 1.807) is 14.2 Å². The highest BCUT2D eigenvalue weighted by molar-refractivity contribution is 5.36. The van der Waals surface area contributed by atoms with Crippen molar-refractivity contribution in [1.29, 1.82) is 0 Å². The van der Waals surface area contributed by atoms with Crippen molar-refractivity contribution in [3.8, 4) is 5.75 Å². The highest BCUT2D eigenvalue weighted by Crippen LogP contribution is 2.26. The van der Waals surface area contributed by atoms with Crippen LogP contribution in [0.25, 0.3) is 0 Å². The smallest absolute Gasteiger partial charge is 0.123 e. The summed E-state index contributed by atoms with van der Waals surface area (Å²) in [5, 5.41) is 3.57. The highest BCUT2D eigenvalue weighted by atomic mass is 16.5. The molecule has 4 nitrogen and oxygen atoms in total. The van der Waals surface area contributed by atoms with Crippen molar-refractivity contribution in [1.82, 2.24) is 10.2 Å². The van der Waals surface area contributed by atoms with E-state index in [-0.39, 0.29) is 0 Å². The second kappa shape index (κ2) is 7.62. The van der Waals surface area contributed by atoms with Gasteiger partial charge < -0.3 is 14.8 Å². The van der Waals surface area contributed by atoms with Gasteiger partial charge in [-0.25, -0.2) is 0 Å². The molecule has 0 saturated carbocycles. The van der Waals surface area contributed by atoms with Gasteiger partial charge in [0.2, 0.25) is 0 Å². The second-order valence-corrected chi connectivity index (χ2v) is 5.26. The zero-order valence-electron chi connectivity index (χ0n) is 12.8. The van der Waals surface area contributed by atoms with Crippen LogP contribution in [0.1, 0.15) is 24.9 Å². The zero-order valence-corrected chi connectivity index (χ0v) is 12.8. The van der Waals surface area contributed by atoms with Crippen LogP contribution in [0.5, 0.6) is 5.75 Å². The summed E-state index contributed by atoms with van der Waals surface area (Å²) >= 11 is 0. The van der Waals surface area contributed by atoms with E-state index in [1.807, 2.05) is 12.1 Å². The van der Waals surface area contributed by atoms with Crippen molar-refractivity contribution in [3.05, 3.63) is 29.8 Å². The van der Waals surface area contributed by atoms with Gasteiger partial charge in [0.05, 0.1) is 13.2 Å². The molecule has 2 atom stereocenters. The Balaban J connectivity index is 2.07. The fourth-order valence-electron chi connectivity index (χ4n) is 2.89. The fraction of sp³-hybridized carbons (Fsp3) is 0.625. The zero-order chi connectivity index (χ0) is 14.4. The maximum atomic E-state index is 5.50. The van der Waals surface area contributed by atoms with E-state index < -0.39 is 0 Å². The number of nitrogens with one attached hydrogen (secondary N) is 1. The number of likely N-dealkylation sites (N-methyl/N-ethyl adjacent to an activating group) is 1. The van der Waals surface area contributed by atoms with Crippen LogP contribution in [0.3, 0.4) is 0 Å². The van der Waals surface area contributed by atoms with Crippen molar-refractivity contribution in [2.24, 2.45) is 0 Å². The summed E-state index contributed by atoms with van der Waals surface area (Å²) in [5.41, 5.74) is 1.23. The summed E-state index contributed by atoms with van der Waals surface area (Å²) < 4.78 is 10.9. The van der Waals surface area contributed by atoms with E-state index in [9.17, 15) is 0 Å². The van der Waals surface area contributed by atoms with Gasteiger partial charge in [-0.15, -0.1) is 0 Å². The predicted octanol–water partition coefficient (Wildman–Crippen LogP) is 2.07. The lowest BCUT2D eigenvalue weighted by Gasteiger charge is -2.26. The number of benzene rings is 1. The lowest BCUT2D eigenvalue weighted by atomic mass is 10.0. The number of ether oxygens (including phenoxy) is 2. The molecule has 0 radical (unpaired) electrons. The maximum Gasteiger partial charge on any atom is 0.123 e. The topological polar surface area (TPSA) is 33.7 Å². The first-order chi connectivity index (χ1) is 9.78. The third-order valence-corrected chi connectivity index (χ3v) is 3.97. The molecule has 112 valence electrons. The van der Waals surface area contributed by atoms with E-state index in [0.717, 1.165) is 38.3 Å². The molecule has 0 aliphatic carbocycles. The normalized spacial score (nSPS) is 21.1. The molecule has 1 fully saturated rings. The molecule has 1 saturated heterocycles. The van der Waals surface area contributed by atoms with Crippen molar-refractivity contribution in [2.75, 3.05) is 40.4 Å². The van der Waals surface area contributed by atoms with Gasteiger partial charge in [0.15, 0.2) is 0 Å². The largest absolute Gasteiger partial charge is 0.496 e. The molecule has 1 aliphatic heterocycles. The molecule has 1 heterocycles. The van der Waals surface area contributed by atoms with E-state index in [1.165, 1.54) is 5.56 Å². The average Bonchev–Trinajstić information content (AvgIpc) is 2.94. The highest BCUT2D eigenvalue weighted by Gasteiger charge is 2.25. The van der Waals surface area contributed by atoms with Crippen LogP contribution >= 0.6 is 0 Å². The van der Waals surface area contributed by atoms with E-state index in [4.69, 9.17) is 9.47 Å². The molecule has 1 aliphatic rings. The SMILES string of the molecule is CCNC(CN1CCC(OC)C1)c1ccccc1OC. The number of likely N-dealkylation sites (tertiary alicyclic amines) is 1. The molecule has 2 rings (SSSR count). The summed E-state index contributed by atoms with van der Waals surface area (Å²) in [6.07, 6.45) is 1.51. The first-order valence-corrected chi connectivity index (χ1v) is 7.40. The molecular formula is C16H26N2O2. The first kappa shape index (κ1) is 15.3. The third kappa shape index (κ3) is 3.72. The number of methoxy groups -OCH3 is 2. The second-order valence-electron chi connectivity index (χ2n) is 5.26. The van der Waals surface area contributed by atoms with Gasteiger partial charge in [0.1, 0.15) is 5.75 Å². The Kier molecular flexibility index (Phi) is 5.83. The first-order valence-electron chi connectivity index (χ1n) is 7.40. The molecule has 1 aromatic carbocycles. The minimum atomic E-state index is 0.298. The van der Waals surface area contributed by atoms with Gasteiger partial charge >= 0.3 is 0 Å². The fourth-order valence-corrected chi connectivity index (χ4v) is 2.89. The Morgan fingerprint density at radius 1 is 1.35 bits per heavy atom. The predicted molar refractivity (Wildman–Crippen MR) is 81.3 cm³/mol. The summed E-state index contributed by atoms with van der Waals surface area (Å²) in [4.78, 5) is 2.47. The van der Waals surface area contributed by atoms with Crippen LogP contribution in [-0.4, -0.2) is 51.4 Å². The monoisotopic (exact) mass is 278 g/mol. The number of hydrogen-bond acceptors (Lipinski definition) is 4. The van der Waals surface area contributed by atoms with Crippen molar-refractivity contribution in [3.63, 3.8) is 0 Å². The average molecular weight is 278 g/mol. The lowest BCUT2D eigenvalue weighted by molar-refractivity contribution is 0.106. The standard InChI is InChI=1S/C16H26N2O2/c1-4-17-15(12-18-10-9-13(11-18)19-2)14-7-5-6-8-16(14)20-3/h5-8,13,15,17H,4,9-12H2,1-3H3. The molecule has 4 heteroatoms. The van der Waals surface area contributed by atoms with Crippen LogP contribution < -0.4 is 10.1 Å². The third-order valence-electron chi connectivity index (χ3n) is 3.97. The molecule has 2 unspecified atom stereocenters. The molecule has 0 amide bonds. The minimum absolute atomic E-state index is 0.298. The van der Waals surface area contributed by atoms with Gasteiger partial charge in [-0.1, -0.05) is 25.1 Å². The molecule has 0 bridgehead atoms. The summed E-state index contributed by atoms with van der Waals surface area (Å²) in [6.45, 7) is 6.21. The molecule has 1 aromatic rings. The van der Waals surface area contributed by atoms with Crippen LogP contribution in [0, 0.1) is 0 Å². The van der Waals surface area contributed by atoms with Crippen LogP contribution in [0.4, 0.5) is 0 Å². The van der Waals surface area contributed by atoms with Gasteiger partial charge in [0.25, 0.3) is 0 Å². The van der Waals surface area contributed by atoms with Gasteiger partial charge in [-0.2, -0.15) is 0 Å². The van der Waals surface area contributed by atoms with Gasteiger partial charge in [-0.3, -0.25) is 4.90 Å². The summed E-state index contributed by atoms with van der Waals surface area (Å²) in [5.74, 6) is 0.959. The Morgan fingerprint density at radius 3 is 2.80 bits per heavy atom. The quantitative estimate of drug-likeness (QED) is 0.828. The Morgan fingerprint density at radius 2 is 2.15 bits per heavy atom. The number of hydrogen-bond donors (Lipinski definition) is 1. The van der Waals surface area contributed by atoms with Crippen molar-refractivity contribution >= 4 is 0 Å². The Labute approximate surface area is 122 Å². The Hall–Kier alpha value is -1.10. The number of nitrogens with zero attached hydrogens (tertiary/aromatic N) is 1. The maximum absolute atomic E-state index is 5.50. The number of rotatable bonds is 7. The van der Waals surface area contributed by atoms with Crippen LogP contribution in [0.15, 0.2) is 24.3 Å². The molecule has 0 spiro atoms. The summed E-state index contributed by atoms with van der Waals surface area (Å²) in [6, 6.07) is 8.57. The van der Waals surface area contributed by atoms with Crippen LogP contribution in [-0.2, 0) is 4.74 Å². The van der Waals surface area contributed by atoms with E-state index in [0.29, 0.717) is 12.1 Å². The van der Waals surface area contributed by atoms with Gasteiger partial charge in [-0.05, 0) is 19.0 Å². The molecule has 20 heavy (non-hydrogen) atoms. The molecule has 1 N–H and O–H groups in total. The van der Waals surface area contributed by atoms with E-state index >= 15 is 0 Å². The van der Waals surface area contributed by atoms with Crippen molar-refractivity contribution < 1.29 is 9.47 Å².